The number of nitrogens with one attached hydrogen (secondary N) is 1. The Morgan fingerprint density at radius 3 is 2.74 bits per heavy atom. The van der Waals surface area contributed by atoms with Gasteiger partial charge < -0.3 is 10.2 Å². The van der Waals surface area contributed by atoms with Crippen molar-refractivity contribution in [2.45, 2.75) is 13.0 Å². The van der Waals surface area contributed by atoms with Gasteiger partial charge in [0.2, 0.25) is 5.91 Å². The van der Waals surface area contributed by atoms with Crippen molar-refractivity contribution < 1.29 is 9.59 Å². The average molecular weight is 487 g/mol. The van der Waals surface area contributed by atoms with Gasteiger partial charge in [-0.25, -0.2) is 4.98 Å². The van der Waals surface area contributed by atoms with Gasteiger partial charge in [0, 0.05) is 54.7 Å². The SMILES string of the molecule is C=CC(=O)N1CC[C@H](Cn2nc(-c3ccc(C(=O)Nc4ccccn4)cc3)c3cncc(Cl)c32)C1. The maximum atomic E-state index is 12.6. The van der Waals surface area contributed by atoms with E-state index in [2.05, 4.69) is 21.9 Å². The summed E-state index contributed by atoms with van der Waals surface area (Å²) in [5.41, 5.74) is 2.91. The van der Waals surface area contributed by atoms with E-state index in [1.165, 1.54) is 6.08 Å². The quantitative estimate of drug-likeness (QED) is 0.407. The lowest BCUT2D eigenvalue weighted by molar-refractivity contribution is -0.125. The van der Waals surface area contributed by atoms with Crippen molar-refractivity contribution in [2.24, 2.45) is 5.92 Å². The molecule has 1 aliphatic rings. The van der Waals surface area contributed by atoms with Gasteiger partial charge in [0.25, 0.3) is 5.91 Å². The molecule has 0 saturated carbocycles. The summed E-state index contributed by atoms with van der Waals surface area (Å²) in [5.74, 6) is 0.465. The summed E-state index contributed by atoms with van der Waals surface area (Å²) >= 11 is 6.53. The van der Waals surface area contributed by atoms with Crippen molar-refractivity contribution in [1.82, 2.24) is 24.6 Å². The molecule has 176 valence electrons. The van der Waals surface area contributed by atoms with Gasteiger partial charge >= 0.3 is 0 Å². The van der Waals surface area contributed by atoms with Gasteiger partial charge in [-0.05, 0) is 42.7 Å². The summed E-state index contributed by atoms with van der Waals surface area (Å²) in [4.78, 5) is 34.7. The standard InChI is InChI=1S/C26H23ClN6O2/c1-2-23(34)32-12-10-17(15-32)16-33-25-20(13-28-14-21(25)27)24(31-33)18-6-8-19(9-7-18)26(35)30-22-5-3-4-11-29-22/h2-9,11,13-14,17H,1,10,12,15-16H2,(H,29,30,35)/t17-/m0/s1. The Hall–Kier alpha value is -4.04. The molecule has 35 heavy (non-hydrogen) atoms. The van der Waals surface area contributed by atoms with Crippen LogP contribution in [0.15, 0.2) is 73.7 Å². The van der Waals surface area contributed by atoms with Crippen LogP contribution in [0.5, 0.6) is 0 Å². The smallest absolute Gasteiger partial charge is 0.256 e. The number of amides is 2. The van der Waals surface area contributed by atoms with Crippen LogP contribution in [0, 0.1) is 5.92 Å². The second-order valence-electron chi connectivity index (χ2n) is 8.44. The number of halogens is 1. The van der Waals surface area contributed by atoms with Crippen molar-refractivity contribution in [2.75, 3.05) is 18.4 Å². The fourth-order valence-electron chi connectivity index (χ4n) is 4.39. The number of pyridine rings is 2. The molecule has 1 N–H and O–H groups in total. The molecule has 1 saturated heterocycles. The van der Waals surface area contributed by atoms with E-state index in [1.807, 2.05) is 27.8 Å². The van der Waals surface area contributed by atoms with E-state index in [4.69, 9.17) is 16.7 Å². The maximum Gasteiger partial charge on any atom is 0.256 e. The summed E-state index contributed by atoms with van der Waals surface area (Å²) in [6.07, 6.45) is 7.23. The van der Waals surface area contributed by atoms with Crippen LogP contribution < -0.4 is 5.32 Å². The molecule has 0 bridgehead atoms. The summed E-state index contributed by atoms with van der Waals surface area (Å²) < 4.78 is 1.91. The Kier molecular flexibility index (Phi) is 6.29. The highest BCUT2D eigenvalue weighted by Gasteiger charge is 2.27. The molecule has 0 radical (unpaired) electrons. The summed E-state index contributed by atoms with van der Waals surface area (Å²) in [7, 11) is 0. The highest BCUT2D eigenvalue weighted by molar-refractivity contribution is 6.35. The van der Waals surface area contributed by atoms with Crippen LogP contribution in [0.4, 0.5) is 5.82 Å². The highest BCUT2D eigenvalue weighted by atomic mass is 35.5. The minimum atomic E-state index is -0.241. The monoisotopic (exact) mass is 486 g/mol. The number of carbonyl (C=O) groups excluding carboxylic acids is 2. The van der Waals surface area contributed by atoms with E-state index in [1.54, 1.807) is 42.9 Å². The first kappa shape index (κ1) is 22.7. The summed E-state index contributed by atoms with van der Waals surface area (Å²) in [6, 6.07) is 12.6. The number of carbonyl (C=O) groups is 2. The summed E-state index contributed by atoms with van der Waals surface area (Å²) in [6.45, 7) is 5.58. The van der Waals surface area contributed by atoms with E-state index in [0.29, 0.717) is 36.0 Å². The number of hydrogen-bond acceptors (Lipinski definition) is 5. The molecule has 3 aromatic heterocycles. The molecule has 1 aliphatic heterocycles. The molecule has 5 rings (SSSR count). The predicted molar refractivity (Wildman–Crippen MR) is 135 cm³/mol. The predicted octanol–water partition coefficient (Wildman–Crippen LogP) is 4.43. The third-order valence-electron chi connectivity index (χ3n) is 6.14. The van der Waals surface area contributed by atoms with Gasteiger partial charge in [0.1, 0.15) is 11.5 Å². The Morgan fingerprint density at radius 1 is 1.17 bits per heavy atom. The van der Waals surface area contributed by atoms with Gasteiger partial charge in [0.05, 0.1) is 10.5 Å². The normalized spacial score (nSPS) is 15.3. The minimum absolute atomic E-state index is 0.0482. The molecule has 8 nitrogen and oxygen atoms in total. The highest BCUT2D eigenvalue weighted by Crippen LogP contribution is 2.33. The molecule has 4 aromatic rings. The lowest BCUT2D eigenvalue weighted by Gasteiger charge is -2.14. The van der Waals surface area contributed by atoms with Crippen molar-refractivity contribution in [3.63, 3.8) is 0 Å². The minimum Gasteiger partial charge on any atom is -0.339 e. The van der Waals surface area contributed by atoms with Crippen molar-refractivity contribution in [3.8, 4) is 11.3 Å². The second-order valence-corrected chi connectivity index (χ2v) is 8.84. The van der Waals surface area contributed by atoms with E-state index >= 15 is 0 Å². The van der Waals surface area contributed by atoms with E-state index in [-0.39, 0.29) is 17.7 Å². The molecule has 1 atom stereocenters. The van der Waals surface area contributed by atoms with Gasteiger partial charge in [-0.1, -0.05) is 36.4 Å². The Balaban J connectivity index is 1.41. The van der Waals surface area contributed by atoms with Gasteiger partial charge in [-0.3, -0.25) is 19.3 Å². The van der Waals surface area contributed by atoms with E-state index < -0.39 is 0 Å². The van der Waals surface area contributed by atoms with Crippen LogP contribution in [-0.2, 0) is 11.3 Å². The summed E-state index contributed by atoms with van der Waals surface area (Å²) in [5, 5.41) is 9.01. The Labute approximate surface area is 207 Å². The largest absolute Gasteiger partial charge is 0.339 e. The van der Waals surface area contributed by atoms with Crippen LogP contribution in [0.1, 0.15) is 16.8 Å². The fraction of sp³-hybridized carbons (Fsp3) is 0.192. The molecule has 1 aromatic carbocycles. The molecule has 9 heteroatoms. The van der Waals surface area contributed by atoms with Crippen molar-refractivity contribution >= 4 is 40.1 Å². The Bertz CT molecular complexity index is 1400. The molecule has 4 heterocycles. The van der Waals surface area contributed by atoms with Crippen molar-refractivity contribution in [1.29, 1.82) is 0 Å². The third-order valence-corrected chi connectivity index (χ3v) is 6.41. The maximum absolute atomic E-state index is 12.6. The molecule has 0 aliphatic carbocycles. The number of rotatable bonds is 6. The first-order chi connectivity index (χ1) is 17.0. The number of hydrogen-bond donors (Lipinski definition) is 1. The lowest BCUT2D eigenvalue weighted by Crippen LogP contribution is -2.27. The second kappa shape index (κ2) is 9.68. The zero-order chi connectivity index (χ0) is 24.4. The van der Waals surface area contributed by atoms with E-state index in [0.717, 1.165) is 28.6 Å². The van der Waals surface area contributed by atoms with Crippen LogP contribution in [-0.4, -0.2) is 49.6 Å². The number of likely N-dealkylation sites (tertiary alicyclic amines) is 1. The number of fused-ring (bicyclic) bond motifs is 1. The van der Waals surface area contributed by atoms with Gasteiger partial charge in [-0.2, -0.15) is 5.10 Å². The average Bonchev–Trinajstić information content (AvgIpc) is 3.50. The molecule has 1 fully saturated rings. The van der Waals surface area contributed by atoms with Crippen molar-refractivity contribution in [3.05, 3.63) is 84.3 Å². The first-order valence-corrected chi connectivity index (χ1v) is 11.7. The zero-order valence-corrected chi connectivity index (χ0v) is 19.7. The fourth-order valence-corrected chi connectivity index (χ4v) is 4.65. The third kappa shape index (κ3) is 4.65. The number of aromatic nitrogens is 4. The van der Waals surface area contributed by atoms with Crippen LogP contribution in [0.3, 0.4) is 0 Å². The van der Waals surface area contributed by atoms with Gasteiger partial charge in [-0.15, -0.1) is 0 Å². The van der Waals surface area contributed by atoms with Gasteiger partial charge in [0.15, 0.2) is 0 Å². The number of anilines is 1. The Morgan fingerprint density at radius 2 is 2.00 bits per heavy atom. The zero-order valence-electron chi connectivity index (χ0n) is 18.9. The number of nitrogens with zero attached hydrogens (tertiary/aromatic N) is 5. The van der Waals surface area contributed by atoms with E-state index in [9.17, 15) is 9.59 Å². The molecular weight excluding hydrogens is 464 g/mol. The number of benzene rings is 1. The van der Waals surface area contributed by atoms with Crippen LogP contribution >= 0.6 is 11.6 Å². The first-order valence-electron chi connectivity index (χ1n) is 11.3. The molecule has 2 amide bonds. The molecule has 0 unspecified atom stereocenters. The molecular formula is C26H23ClN6O2. The van der Waals surface area contributed by atoms with Crippen LogP contribution in [0.2, 0.25) is 5.02 Å². The van der Waals surface area contributed by atoms with Crippen LogP contribution in [0.25, 0.3) is 22.2 Å². The topological polar surface area (TPSA) is 93.0 Å². The molecule has 0 spiro atoms. The lowest BCUT2D eigenvalue weighted by atomic mass is 10.1.